The molecule has 2 aromatic carbocycles. The van der Waals surface area contributed by atoms with Crippen molar-refractivity contribution in [2.75, 3.05) is 0 Å². The minimum Gasteiger partial charge on any atom is -0.345 e. The fourth-order valence-corrected chi connectivity index (χ4v) is 3.34. The number of benzene rings is 2. The number of rotatable bonds is 5. The van der Waals surface area contributed by atoms with E-state index in [9.17, 15) is 4.79 Å². The minimum atomic E-state index is -0.179. The maximum atomic E-state index is 13.1. The first-order valence-corrected chi connectivity index (χ1v) is 10.0. The van der Waals surface area contributed by atoms with Gasteiger partial charge < -0.3 is 5.32 Å². The summed E-state index contributed by atoms with van der Waals surface area (Å²) >= 11 is 3.44. The van der Waals surface area contributed by atoms with Crippen LogP contribution in [0.2, 0.25) is 0 Å². The summed E-state index contributed by atoms with van der Waals surface area (Å²) in [7, 11) is 0. The Morgan fingerprint density at radius 3 is 2.48 bits per heavy atom. The summed E-state index contributed by atoms with van der Waals surface area (Å²) in [6.45, 7) is 1.96. The molecule has 29 heavy (non-hydrogen) atoms. The molecular weight excluding hydrogens is 428 g/mol. The van der Waals surface area contributed by atoms with Crippen LogP contribution in [-0.4, -0.2) is 20.7 Å². The van der Waals surface area contributed by atoms with Gasteiger partial charge >= 0.3 is 0 Å². The van der Waals surface area contributed by atoms with Crippen LogP contribution in [0.15, 0.2) is 89.8 Å². The second-order valence-corrected chi connectivity index (χ2v) is 7.58. The topological polar surface area (TPSA) is 59.8 Å². The van der Waals surface area contributed by atoms with Crippen molar-refractivity contribution in [3.63, 3.8) is 0 Å². The summed E-state index contributed by atoms with van der Waals surface area (Å²) in [5, 5.41) is 7.75. The predicted octanol–water partition coefficient (Wildman–Crippen LogP) is 5.19. The molecule has 2 aromatic heterocycles. The highest BCUT2D eigenvalue weighted by Gasteiger charge is 2.20. The molecule has 4 rings (SSSR count). The van der Waals surface area contributed by atoms with Gasteiger partial charge in [-0.2, -0.15) is 5.10 Å². The normalized spacial score (nSPS) is 11.8. The molecule has 1 atom stereocenters. The van der Waals surface area contributed by atoms with Gasteiger partial charge in [-0.15, -0.1) is 0 Å². The second kappa shape index (κ2) is 8.41. The van der Waals surface area contributed by atoms with Crippen LogP contribution in [-0.2, 0) is 0 Å². The summed E-state index contributed by atoms with van der Waals surface area (Å²) in [4.78, 5) is 17.3. The molecule has 0 radical (unpaired) electrons. The molecule has 1 amide bonds. The Hall–Kier alpha value is -3.25. The van der Waals surface area contributed by atoms with Crippen molar-refractivity contribution in [3.8, 4) is 16.9 Å². The lowest BCUT2D eigenvalue weighted by atomic mass is 10.1. The second-order valence-electron chi connectivity index (χ2n) is 6.66. The Morgan fingerprint density at radius 1 is 1.03 bits per heavy atom. The van der Waals surface area contributed by atoms with Gasteiger partial charge in [0.1, 0.15) is 5.69 Å². The lowest BCUT2D eigenvalue weighted by Gasteiger charge is -2.14. The first kappa shape index (κ1) is 19.1. The number of carbonyl (C=O) groups excluding carboxylic acids is 1. The number of halogens is 1. The van der Waals surface area contributed by atoms with Crippen LogP contribution in [0.4, 0.5) is 0 Å². The highest BCUT2D eigenvalue weighted by Crippen LogP contribution is 2.24. The average Bonchev–Trinajstić information content (AvgIpc) is 3.21. The molecule has 4 aromatic rings. The molecular formula is C23H19BrN4O. The Balaban J connectivity index is 1.68. The van der Waals surface area contributed by atoms with E-state index >= 15 is 0 Å². The highest BCUT2D eigenvalue weighted by molar-refractivity contribution is 9.10. The van der Waals surface area contributed by atoms with E-state index in [0.29, 0.717) is 11.3 Å². The number of hydrogen-bond donors (Lipinski definition) is 1. The van der Waals surface area contributed by atoms with Gasteiger partial charge in [-0.25, -0.2) is 4.68 Å². The summed E-state index contributed by atoms with van der Waals surface area (Å²) in [6, 6.07) is 21.2. The molecule has 0 fully saturated rings. The molecule has 6 heteroatoms. The van der Waals surface area contributed by atoms with E-state index in [2.05, 4.69) is 31.3 Å². The van der Waals surface area contributed by atoms with Crippen molar-refractivity contribution >= 4 is 21.8 Å². The maximum absolute atomic E-state index is 13.1. The average molecular weight is 447 g/mol. The van der Waals surface area contributed by atoms with Gasteiger partial charge in [0.05, 0.1) is 17.3 Å². The molecule has 5 nitrogen and oxygen atoms in total. The quantitative estimate of drug-likeness (QED) is 0.458. The largest absolute Gasteiger partial charge is 0.345 e. The number of amides is 1. The van der Waals surface area contributed by atoms with Crippen LogP contribution in [0.1, 0.15) is 28.9 Å². The van der Waals surface area contributed by atoms with Crippen molar-refractivity contribution in [2.24, 2.45) is 0 Å². The lowest BCUT2D eigenvalue weighted by molar-refractivity contribution is 0.0940. The summed E-state index contributed by atoms with van der Waals surface area (Å²) < 4.78 is 2.73. The van der Waals surface area contributed by atoms with E-state index in [-0.39, 0.29) is 11.9 Å². The number of nitrogens with zero attached hydrogens (tertiary/aromatic N) is 3. The fourth-order valence-electron chi connectivity index (χ4n) is 3.08. The summed E-state index contributed by atoms with van der Waals surface area (Å²) in [6.07, 6.45) is 5.18. The maximum Gasteiger partial charge on any atom is 0.255 e. The van der Waals surface area contributed by atoms with Gasteiger partial charge in [0.2, 0.25) is 0 Å². The van der Waals surface area contributed by atoms with Gasteiger partial charge in [-0.3, -0.25) is 9.78 Å². The molecule has 0 aliphatic rings. The molecule has 1 N–H and O–H groups in total. The number of carbonyl (C=O) groups is 1. The van der Waals surface area contributed by atoms with E-state index in [1.807, 2.05) is 73.7 Å². The van der Waals surface area contributed by atoms with Crippen molar-refractivity contribution in [2.45, 2.75) is 13.0 Å². The van der Waals surface area contributed by atoms with Crippen molar-refractivity contribution in [1.29, 1.82) is 0 Å². The van der Waals surface area contributed by atoms with Gasteiger partial charge in [-0.05, 0) is 48.9 Å². The Labute approximate surface area is 177 Å². The Bertz CT molecular complexity index is 1110. The van der Waals surface area contributed by atoms with Gasteiger partial charge in [0, 0.05) is 28.6 Å². The van der Waals surface area contributed by atoms with Crippen LogP contribution in [0, 0.1) is 0 Å². The van der Waals surface area contributed by atoms with Crippen molar-refractivity contribution in [3.05, 3.63) is 101 Å². The zero-order chi connectivity index (χ0) is 20.2. The van der Waals surface area contributed by atoms with E-state index in [4.69, 9.17) is 0 Å². The van der Waals surface area contributed by atoms with Crippen molar-refractivity contribution < 1.29 is 4.79 Å². The van der Waals surface area contributed by atoms with Crippen LogP contribution >= 0.6 is 15.9 Å². The van der Waals surface area contributed by atoms with Crippen LogP contribution in [0.25, 0.3) is 16.9 Å². The Kier molecular flexibility index (Phi) is 5.53. The SMILES string of the molecule is C[C@@H](NC(=O)c1cn(-c2ccccc2)nc1-c1cccnc1)c1ccc(Br)cc1. The standard InChI is InChI=1S/C23H19BrN4O/c1-16(17-9-11-19(24)12-10-17)26-23(29)21-15-28(20-7-3-2-4-8-20)27-22(21)18-6-5-13-25-14-18/h2-16H,1H3,(H,26,29)/t16-/m1/s1. The number of pyridine rings is 1. The highest BCUT2D eigenvalue weighted by atomic mass is 79.9. The van der Waals surface area contributed by atoms with E-state index in [1.54, 1.807) is 23.3 Å². The monoisotopic (exact) mass is 446 g/mol. The zero-order valence-electron chi connectivity index (χ0n) is 15.8. The van der Waals surface area contributed by atoms with Crippen LogP contribution in [0.3, 0.4) is 0 Å². The van der Waals surface area contributed by atoms with Gasteiger partial charge in [0.25, 0.3) is 5.91 Å². The van der Waals surface area contributed by atoms with Crippen LogP contribution in [0.5, 0.6) is 0 Å². The molecule has 0 aliphatic carbocycles. The lowest BCUT2D eigenvalue weighted by Crippen LogP contribution is -2.26. The number of aromatic nitrogens is 3. The molecule has 2 heterocycles. The smallest absolute Gasteiger partial charge is 0.255 e. The zero-order valence-corrected chi connectivity index (χ0v) is 17.4. The minimum absolute atomic E-state index is 0.141. The van der Waals surface area contributed by atoms with E-state index < -0.39 is 0 Å². The predicted molar refractivity (Wildman–Crippen MR) is 117 cm³/mol. The molecule has 0 aliphatic heterocycles. The van der Waals surface area contributed by atoms with Gasteiger partial charge in [0.15, 0.2) is 0 Å². The number of hydrogen-bond acceptors (Lipinski definition) is 3. The molecule has 0 unspecified atom stereocenters. The van der Waals surface area contributed by atoms with E-state index in [1.165, 1.54) is 0 Å². The fraction of sp³-hybridized carbons (Fsp3) is 0.0870. The third-order valence-electron chi connectivity index (χ3n) is 4.63. The molecule has 0 saturated carbocycles. The summed E-state index contributed by atoms with van der Waals surface area (Å²) in [5.74, 6) is -0.179. The molecule has 144 valence electrons. The number of nitrogens with one attached hydrogen (secondary N) is 1. The van der Waals surface area contributed by atoms with E-state index in [0.717, 1.165) is 21.3 Å². The van der Waals surface area contributed by atoms with Gasteiger partial charge in [-0.1, -0.05) is 46.3 Å². The third-order valence-corrected chi connectivity index (χ3v) is 5.16. The summed E-state index contributed by atoms with van der Waals surface area (Å²) in [5.41, 5.74) is 3.81. The Morgan fingerprint density at radius 2 is 1.79 bits per heavy atom. The van der Waals surface area contributed by atoms with Crippen molar-refractivity contribution in [1.82, 2.24) is 20.1 Å². The number of para-hydroxylation sites is 1. The molecule has 0 saturated heterocycles. The van der Waals surface area contributed by atoms with Crippen LogP contribution < -0.4 is 5.32 Å². The third kappa shape index (κ3) is 4.27. The first-order chi connectivity index (χ1) is 14.1. The first-order valence-electron chi connectivity index (χ1n) is 9.23. The molecule has 0 spiro atoms. The molecule has 0 bridgehead atoms.